The molecule has 0 radical (unpaired) electrons. The van der Waals surface area contributed by atoms with E-state index in [1.54, 1.807) is 13.8 Å². The number of carbonyl (C=O) groups is 1. The highest BCUT2D eigenvalue weighted by Crippen LogP contribution is 2.26. The third-order valence-electron chi connectivity index (χ3n) is 2.84. The lowest BCUT2D eigenvalue weighted by Gasteiger charge is -2.16. The Bertz CT molecular complexity index is 573. The molecule has 0 aromatic heterocycles. The van der Waals surface area contributed by atoms with E-state index in [1.807, 2.05) is 0 Å². The van der Waals surface area contributed by atoms with Gasteiger partial charge in [-0.3, -0.25) is 14.9 Å². The average molecular weight is 276 g/mol. The zero-order valence-electron chi connectivity index (χ0n) is 11.7. The molecule has 0 spiro atoms. The van der Waals surface area contributed by atoms with Crippen molar-refractivity contribution in [3.63, 3.8) is 0 Å². The van der Waals surface area contributed by atoms with Crippen LogP contribution in [0, 0.1) is 26.9 Å². The molecule has 0 amide bonds. The molecule has 0 fully saturated rings. The first-order valence-corrected chi connectivity index (χ1v) is 6.10. The van der Waals surface area contributed by atoms with E-state index in [0.29, 0.717) is 12.2 Å². The molecule has 1 rings (SSSR count). The Morgan fingerprint density at radius 2 is 2.15 bits per heavy atom. The summed E-state index contributed by atoms with van der Waals surface area (Å²) in [6.07, 6.45) is 0.498. The summed E-state index contributed by atoms with van der Waals surface area (Å²) in [5.74, 6) is 0.0000770. The maximum atomic E-state index is 11.5. The van der Waals surface area contributed by atoms with Crippen molar-refractivity contribution < 1.29 is 14.5 Å². The summed E-state index contributed by atoms with van der Waals surface area (Å²) in [6.45, 7) is 5.17. The first kappa shape index (κ1) is 15.6. The Morgan fingerprint density at radius 3 is 2.65 bits per heavy atom. The fourth-order valence-electron chi connectivity index (χ4n) is 1.50. The van der Waals surface area contributed by atoms with Gasteiger partial charge in [-0.15, -0.1) is 0 Å². The standard InChI is InChI=1S/C14H16N2O4/c1-10(17)12-8-11(16(18)19)4-5-13(12)20-7-6-14(2,3)9-15/h4-5,8H,6-7H2,1-3H3. The molecule has 0 atom stereocenters. The second-order valence-electron chi connectivity index (χ2n) is 5.09. The topological polar surface area (TPSA) is 93.2 Å². The van der Waals surface area contributed by atoms with Gasteiger partial charge in [0.15, 0.2) is 5.78 Å². The second kappa shape index (κ2) is 6.15. The minimum absolute atomic E-state index is 0.153. The monoisotopic (exact) mass is 276 g/mol. The van der Waals surface area contributed by atoms with Gasteiger partial charge in [-0.2, -0.15) is 5.26 Å². The molecule has 0 aliphatic rings. The van der Waals surface area contributed by atoms with Gasteiger partial charge >= 0.3 is 0 Å². The number of hydrogen-bond donors (Lipinski definition) is 0. The fraction of sp³-hybridized carbons (Fsp3) is 0.429. The van der Waals surface area contributed by atoms with E-state index < -0.39 is 10.3 Å². The zero-order chi connectivity index (χ0) is 15.3. The first-order chi connectivity index (χ1) is 9.26. The highest BCUT2D eigenvalue weighted by atomic mass is 16.6. The van der Waals surface area contributed by atoms with E-state index >= 15 is 0 Å². The lowest BCUT2D eigenvalue weighted by Crippen LogP contribution is -2.14. The Balaban J connectivity index is 2.88. The third-order valence-corrected chi connectivity index (χ3v) is 2.84. The van der Waals surface area contributed by atoms with E-state index in [-0.39, 0.29) is 23.6 Å². The first-order valence-electron chi connectivity index (χ1n) is 6.10. The minimum Gasteiger partial charge on any atom is -0.493 e. The van der Waals surface area contributed by atoms with Gasteiger partial charge in [0.25, 0.3) is 5.69 Å². The Labute approximate surface area is 117 Å². The molecular formula is C14H16N2O4. The molecule has 0 aliphatic heterocycles. The van der Waals surface area contributed by atoms with Crippen molar-refractivity contribution in [2.24, 2.45) is 5.41 Å². The number of rotatable bonds is 6. The summed E-state index contributed by atoms with van der Waals surface area (Å²) in [4.78, 5) is 21.6. The number of nitro benzene ring substituents is 1. The van der Waals surface area contributed by atoms with Crippen LogP contribution in [0.15, 0.2) is 18.2 Å². The molecule has 0 saturated heterocycles. The van der Waals surface area contributed by atoms with Crippen LogP contribution in [0.1, 0.15) is 37.6 Å². The molecule has 0 heterocycles. The van der Waals surface area contributed by atoms with Crippen LogP contribution in [0.3, 0.4) is 0 Å². The minimum atomic E-state index is -0.561. The number of Topliss-reactive ketones (excluding diaryl/α,β-unsaturated/α-hetero) is 1. The van der Waals surface area contributed by atoms with Gasteiger partial charge in [-0.1, -0.05) is 0 Å². The van der Waals surface area contributed by atoms with Gasteiger partial charge in [0, 0.05) is 12.1 Å². The number of nitro groups is 1. The predicted molar refractivity (Wildman–Crippen MR) is 72.6 cm³/mol. The van der Waals surface area contributed by atoms with Crippen molar-refractivity contribution in [2.45, 2.75) is 27.2 Å². The summed E-state index contributed by atoms with van der Waals surface area (Å²) in [5.41, 5.74) is -0.495. The normalized spacial score (nSPS) is 10.7. The van der Waals surface area contributed by atoms with Crippen molar-refractivity contribution in [3.05, 3.63) is 33.9 Å². The predicted octanol–water partition coefficient (Wildman–Crippen LogP) is 3.12. The van der Waals surface area contributed by atoms with Crippen molar-refractivity contribution >= 4 is 11.5 Å². The molecular weight excluding hydrogens is 260 g/mol. The van der Waals surface area contributed by atoms with Crippen LogP contribution in [0.2, 0.25) is 0 Å². The van der Waals surface area contributed by atoms with Crippen LogP contribution >= 0.6 is 0 Å². The molecule has 106 valence electrons. The lowest BCUT2D eigenvalue weighted by atomic mass is 9.92. The summed E-state index contributed by atoms with van der Waals surface area (Å²) >= 11 is 0. The van der Waals surface area contributed by atoms with Gasteiger partial charge in [0.2, 0.25) is 0 Å². The number of ether oxygens (including phenoxy) is 1. The molecule has 1 aromatic rings. The van der Waals surface area contributed by atoms with Gasteiger partial charge in [-0.25, -0.2) is 0 Å². The molecule has 0 bridgehead atoms. The second-order valence-corrected chi connectivity index (χ2v) is 5.09. The maximum Gasteiger partial charge on any atom is 0.270 e. The molecule has 0 N–H and O–H groups in total. The van der Waals surface area contributed by atoms with E-state index in [1.165, 1.54) is 25.1 Å². The summed E-state index contributed by atoms with van der Waals surface area (Å²) < 4.78 is 5.48. The number of benzene rings is 1. The Morgan fingerprint density at radius 1 is 1.50 bits per heavy atom. The lowest BCUT2D eigenvalue weighted by molar-refractivity contribution is -0.384. The van der Waals surface area contributed by atoms with Crippen LogP contribution in [-0.2, 0) is 0 Å². The highest BCUT2D eigenvalue weighted by Gasteiger charge is 2.18. The number of hydrogen-bond acceptors (Lipinski definition) is 5. The number of non-ortho nitro benzene ring substituents is 1. The van der Waals surface area contributed by atoms with Crippen LogP contribution in [0.4, 0.5) is 5.69 Å². The van der Waals surface area contributed by atoms with Crippen LogP contribution in [-0.4, -0.2) is 17.3 Å². The molecule has 0 unspecified atom stereocenters. The SMILES string of the molecule is CC(=O)c1cc([N+](=O)[O-])ccc1OCCC(C)(C)C#N. The zero-order valence-corrected chi connectivity index (χ0v) is 11.7. The molecule has 1 aromatic carbocycles. The summed E-state index contributed by atoms with van der Waals surface area (Å²) in [6, 6.07) is 6.05. The average Bonchev–Trinajstić information content (AvgIpc) is 2.38. The van der Waals surface area contributed by atoms with Crippen LogP contribution in [0.5, 0.6) is 5.75 Å². The van der Waals surface area contributed by atoms with Gasteiger partial charge < -0.3 is 4.74 Å². The quantitative estimate of drug-likeness (QED) is 0.452. The summed E-state index contributed by atoms with van der Waals surface area (Å²) in [7, 11) is 0. The van der Waals surface area contributed by atoms with Crippen LogP contribution in [0.25, 0.3) is 0 Å². The van der Waals surface area contributed by atoms with E-state index in [9.17, 15) is 14.9 Å². The Kier molecular flexibility index (Phi) is 4.81. The molecule has 0 aliphatic carbocycles. The smallest absolute Gasteiger partial charge is 0.270 e. The summed E-state index contributed by atoms with van der Waals surface area (Å²) in [5, 5.41) is 19.6. The Hall–Kier alpha value is -2.42. The highest BCUT2D eigenvalue weighted by molar-refractivity contribution is 5.97. The molecule has 6 heteroatoms. The van der Waals surface area contributed by atoms with Crippen molar-refractivity contribution in [1.82, 2.24) is 0 Å². The van der Waals surface area contributed by atoms with Gasteiger partial charge in [0.05, 0.1) is 28.6 Å². The van der Waals surface area contributed by atoms with Gasteiger partial charge in [-0.05, 0) is 33.3 Å². The number of nitrogens with zero attached hydrogens (tertiary/aromatic N) is 2. The van der Waals surface area contributed by atoms with E-state index in [0.717, 1.165) is 0 Å². The van der Waals surface area contributed by atoms with E-state index in [4.69, 9.17) is 10.00 Å². The molecule has 0 saturated carbocycles. The number of carbonyl (C=O) groups excluding carboxylic acids is 1. The van der Waals surface area contributed by atoms with Crippen LogP contribution < -0.4 is 4.74 Å². The largest absolute Gasteiger partial charge is 0.493 e. The molecule has 6 nitrogen and oxygen atoms in total. The van der Waals surface area contributed by atoms with Crippen molar-refractivity contribution in [1.29, 1.82) is 5.26 Å². The number of ketones is 1. The fourth-order valence-corrected chi connectivity index (χ4v) is 1.50. The molecule has 20 heavy (non-hydrogen) atoms. The van der Waals surface area contributed by atoms with E-state index in [2.05, 4.69) is 6.07 Å². The van der Waals surface area contributed by atoms with Gasteiger partial charge in [0.1, 0.15) is 5.75 Å². The van der Waals surface area contributed by atoms with Crippen molar-refractivity contribution in [2.75, 3.05) is 6.61 Å². The number of nitriles is 1. The maximum absolute atomic E-state index is 11.5. The third kappa shape index (κ3) is 4.05. The van der Waals surface area contributed by atoms with Crippen molar-refractivity contribution in [3.8, 4) is 11.8 Å².